The summed E-state index contributed by atoms with van der Waals surface area (Å²) in [6.07, 6.45) is -0.638. The first-order chi connectivity index (χ1) is 10.9. The Hall–Kier alpha value is -2.57. The highest BCUT2D eigenvalue weighted by atomic mass is 16.3. The molecule has 2 aliphatic heterocycles. The van der Waals surface area contributed by atoms with Gasteiger partial charge < -0.3 is 22.3 Å². The number of fused-ring (bicyclic) bond motifs is 1. The minimum absolute atomic E-state index is 0.00562. The second kappa shape index (κ2) is 4.49. The van der Waals surface area contributed by atoms with Crippen LogP contribution in [0.15, 0.2) is 18.2 Å². The lowest BCUT2D eigenvalue weighted by atomic mass is 9.86. The van der Waals surface area contributed by atoms with Crippen molar-refractivity contribution in [1.29, 1.82) is 0 Å². The molecule has 128 valence electrons. The number of anilines is 1. The quantitative estimate of drug-likeness (QED) is 0.151. The lowest BCUT2D eigenvalue weighted by molar-refractivity contribution is -0.197. The minimum atomic E-state index is -2.87. The van der Waals surface area contributed by atoms with Crippen molar-refractivity contribution < 1.29 is 19.5 Å². The van der Waals surface area contributed by atoms with Crippen molar-refractivity contribution in [3.8, 4) is 0 Å². The van der Waals surface area contributed by atoms with E-state index in [-0.39, 0.29) is 16.8 Å². The van der Waals surface area contributed by atoms with Crippen LogP contribution in [0.3, 0.4) is 0 Å². The van der Waals surface area contributed by atoms with Gasteiger partial charge in [-0.05, 0) is 12.1 Å². The molecule has 1 aromatic carbocycles. The van der Waals surface area contributed by atoms with Gasteiger partial charge in [0, 0.05) is 11.3 Å². The predicted molar refractivity (Wildman–Crippen MR) is 80.9 cm³/mol. The summed E-state index contributed by atoms with van der Waals surface area (Å²) >= 11 is 0. The van der Waals surface area contributed by atoms with Crippen molar-refractivity contribution >= 4 is 23.4 Å². The number of imide groups is 1. The molecule has 0 aromatic heterocycles. The van der Waals surface area contributed by atoms with Gasteiger partial charge in [0.1, 0.15) is 5.66 Å². The summed E-state index contributed by atoms with van der Waals surface area (Å²) in [5.41, 5.74) is 24.4. The molecule has 11 heteroatoms. The zero-order valence-electron chi connectivity index (χ0n) is 12.4. The second-order valence-electron chi connectivity index (χ2n) is 6.00. The number of nitrogens with zero attached hydrogens (tertiary/aromatic N) is 1. The van der Waals surface area contributed by atoms with Gasteiger partial charge in [-0.2, -0.15) is 0 Å². The number of nitrogens with one attached hydrogen (secondary N) is 1. The zero-order valence-corrected chi connectivity index (χ0v) is 12.4. The number of hydrogen-bond acceptors (Lipinski definition) is 9. The third-order valence-electron chi connectivity index (χ3n) is 4.30. The largest absolute Gasteiger partial charge is 0.398 e. The van der Waals surface area contributed by atoms with Gasteiger partial charge in [0.15, 0.2) is 5.79 Å². The van der Waals surface area contributed by atoms with E-state index >= 15 is 0 Å². The minimum Gasteiger partial charge on any atom is -0.398 e. The van der Waals surface area contributed by atoms with E-state index in [1.54, 1.807) is 0 Å². The van der Waals surface area contributed by atoms with Crippen LogP contribution >= 0.6 is 0 Å². The number of hydrogen-bond donors (Lipinski definition) is 7. The molecule has 12 N–H and O–H groups in total. The number of benzene rings is 1. The molecular weight excluding hydrogens is 318 g/mol. The molecule has 11 nitrogen and oxygen atoms in total. The lowest BCUT2D eigenvalue weighted by Crippen LogP contribution is -2.86. The first-order valence-corrected chi connectivity index (χ1v) is 6.90. The van der Waals surface area contributed by atoms with Crippen LogP contribution in [0.4, 0.5) is 5.69 Å². The van der Waals surface area contributed by atoms with Crippen LogP contribution in [-0.2, 0) is 15.4 Å². The Morgan fingerprint density at radius 2 is 1.75 bits per heavy atom. The number of nitrogens with two attached hydrogens (primary N) is 5. The topological polar surface area (TPSA) is 217 Å². The molecule has 3 amide bonds. The smallest absolute Gasteiger partial charge is 0.283 e. The van der Waals surface area contributed by atoms with E-state index in [9.17, 15) is 19.5 Å². The number of aliphatic hydroxyl groups is 1. The maximum atomic E-state index is 12.8. The Morgan fingerprint density at radius 3 is 2.29 bits per heavy atom. The van der Waals surface area contributed by atoms with E-state index in [0.717, 1.165) is 0 Å². The van der Waals surface area contributed by atoms with Crippen LogP contribution < -0.4 is 34.0 Å². The standard InChI is InChI=1S/C13H17N7O4/c14-6-3-1-2-5-8(6)13(17,18)20(9(5)22)12(24)10(23)19-7(21)4-11(12,15)16/h1-3,24H,4,14-18H2,(H,19,21,23). The van der Waals surface area contributed by atoms with Crippen molar-refractivity contribution in [2.45, 2.75) is 23.6 Å². The van der Waals surface area contributed by atoms with Crippen LogP contribution in [0.5, 0.6) is 0 Å². The molecule has 1 aromatic rings. The average Bonchev–Trinajstić information content (AvgIpc) is 2.64. The fraction of sp³-hybridized carbons (Fsp3) is 0.308. The summed E-state index contributed by atoms with van der Waals surface area (Å²) in [6, 6.07) is 4.32. The number of amides is 3. The molecule has 1 unspecified atom stereocenters. The van der Waals surface area contributed by atoms with Crippen molar-refractivity contribution in [2.75, 3.05) is 5.73 Å². The molecule has 1 saturated heterocycles. The normalized spacial score (nSPS) is 27.9. The van der Waals surface area contributed by atoms with Gasteiger partial charge in [0.25, 0.3) is 17.5 Å². The SMILES string of the molecule is Nc1cccc2c1C(N)(N)N(C1(O)C(=O)NC(=O)CC1(N)N)C2=O. The summed E-state index contributed by atoms with van der Waals surface area (Å²) < 4.78 is 0. The highest BCUT2D eigenvalue weighted by molar-refractivity contribution is 6.09. The summed E-state index contributed by atoms with van der Waals surface area (Å²) in [5.74, 6) is -5.18. The number of carbonyl (C=O) groups is 3. The summed E-state index contributed by atoms with van der Waals surface area (Å²) in [7, 11) is 0. The zero-order chi connectivity index (χ0) is 18.1. The van der Waals surface area contributed by atoms with Crippen molar-refractivity contribution in [3.05, 3.63) is 29.3 Å². The van der Waals surface area contributed by atoms with Gasteiger partial charge in [-0.15, -0.1) is 0 Å². The number of nitrogen functional groups attached to an aromatic ring is 1. The molecule has 2 heterocycles. The van der Waals surface area contributed by atoms with E-state index in [4.69, 9.17) is 28.7 Å². The Bertz CT molecular complexity index is 791. The van der Waals surface area contributed by atoms with Crippen LogP contribution in [0.2, 0.25) is 0 Å². The third-order valence-corrected chi connectivity index (χ3v) is 4.30. The average molecular weight is 335 g/mol. The van der Waals surface area contributed by atoms with Gasteiger partial charge in [-0.1, -0.05) is 6.07 Å². The second-order valence-corrected chi connectivity index (χ2v) is 6.00. The lowest BCUT2D eigenvalue weighted by Gasteiger charge is -2.51. The van der Waals surface area contributed by atoms with Crippen LogP contribution in [0.25, 0.3) is 0 Å². The molecular formula is C13H17N7O4. The van der Waals surface area contributed by atoms with Gasteiger partial charge in [-0.25, -0.2) is 0 Å². The molecule has 2 aliphatic rings. The van der Waals surface area contributed by atoms with Crippen molar-refractivity contribution in [3.63, 3.8) is 0 Å². The van der Waals surface area contributed by atoms with Crippen LogP contribution in [0, 0.1) is 0 Å². The fourth-order valence-electron chi connectivity index (χ4n) is 3.18. The van der Waals surface area contributed by atoms with E-state index in [2.05, 4.69) is 0 Å². The van der Waals surface area contributed by atoms with Gasteiger partial charge in [-0.3, -0.25) is 36.1 Å². The van der Waals surface area contributed by atoms with Gasteiger partial charge >= 0.3 is 0 Å². The Kier molecular flexibility index (Phi) is 3.05. The Morgan fingerprint density at radius 1 is 1.12 bits per heavy atom. The highest BCUT2D eigenvalue weighted by Gasteiger charge is 2.67. The molecule has 1 fully saturated rings. The highest BCUT2D eigenvalue weighted by Crippen LogP contribution is 2.42. The molecule has 0 radical (unpaired) electrons. The predicted octanol–water partition coefficient (Wildman–Crippen LogP) is -3.90. The molecule has 0 spiro atoms. The molecule has 24 heavy (non-hydrogen) atoms. The van der Waals surface area contributed by atoms with Gasteiger partial charge in [0.05, 0.1) is 12.0 Å². The van der Waals surface area contributed by atoms with E-state index in [1.165, 1.54) is 18.2 Å². The molecule has 3 rings (SSSR count). The van der Waals surface area contributed by atoms with Crippen molar-refractivity contribution in [1.82, 2.24) is 10.2 Å². The molecule has 1 atom stereocenters. The van der Waals surface area contributed by atoms with Crippen LogP contribution in [0.1, 0.15) is 22.3 Å². The number of piperidine rings is 1. The summed E-state index contributed by atoms with van der Waals surface area (Å²) in [4.78, 5) is 37.1. The third kappa shape index (κ3) is 1.75. The monoisotopic (exact) mass is 335 g/mol. The molecule has 0 saturated carbocycles. The molecule has 0 bridgehead atoms. The number of carbonyl (C=O) groups excluding carboxylic acids is 3. The van der Waals surface area contributed by atoms with Crippen molar-refractivity contribution in [2.24, 2.45) is 22.9 Å². The Balaban J connectivity index is 2.23. The molecule has 0 aliphatic carbocycles. The maximum Gasteiger partial charge on any atom is 0.283 e. The van der Waals surface area contributed by atoms with E-state index in [0.29, 0.717) is 4.90 Å². The van der Waals surface area contributed by atoms with Gasteiger partial charge in [0.2, 0.25) is 5.91 Å². The first-order valence-electron chi connectivity index (χ1n) is 6.90. The Labute approximate surface area is 135 Å². The summed E-state index contributed by atoms with van der Waals surface area (Å²) in [5, 5.41) is 12.8. The summed E-state index contributed by atoms with van der Waals surface area (Å²) in [6.45, 7) is 0. The fourth-order valence-corrected chi connectivity index (χ4v) is 3.18. The first kappa shape index (κ1) is 16.3. The maximum absolute atomic E-state index is 12.8. The number of rotatable bonds is 1. The van der Waals surface area contributed by atoms with E-state index in [1.807, 2.05) is 5.32 Å². The van der Waals surface area contributed by atoms with E-state index < -0.39 is 41.3 Å². The van der Waals surface area contributed by atoms with Crippen LogP contribution in [-0.4, -0.2) is 39.1 Å².